The summed E-state index contributed by atoms with van der Waals surface area (Å²) >= 11 is 0. The van der Waals surface area contributed by atoms with E-state index in [1.165, 1.54) is 25.2 Å². The van der Waals surface area contributed by atoms with Crippen molar-refractivity contribution in [2.45, 2.75) is 6.92 Å². The molecule has 1 aliphatic rings. The Kier molecular flexibility index (Phi) is 2.74. The van der Waals surface area contributed by atoms with Gasteiger partial charge in [-0.05, 0) is 0 Å². The van der Waals surface area contributed by atoms with Gasteiger partial charge in [-0.25, -0.2) is 4.79 Å². The van der Waals surface area contributed by atoms with E-state index in [2.05, 4.69) is 0 Å². The lowest BCUT2D eigenvalue weighted by molar-refractivity contribution is -0.150. The fourth-order valence-electron chi connectivity index (χ4n) is 1.56. The third-order valence-corrected chi connectivity index (χ3v) is 2.64. The summed E-state index contributed by atoms with van der Waals surface area (Å²) in [7, 11) is 0. The predicted octanol–water partition coefficient (Wildman–Crippen LogP) is 0.473. The molecule has 0 heterocycles. The first-order valence-corrected chi connectivity index (χ1v) is 4.28. The number of carboxylic acids is 2. The Balaban J connectivity index is 3.23. The van der Waals surface area contributed by atoms with Gasteiger partial charge >= 0.3 is 11.9 Å². The molecule has 2 atom stereocenters. The second kappa shape index (κ2) is 3.68. The summed E-state index contributed by atoms with van der Waals surface area (Å²) in [6.07, 6.45) is 4.07. The van der Waals surface area contributed by atoms with Gasteiger partial charge < -0.3 is 15.0 Å². The van der Waals surface area contributed by atoms with Crippen LogP contribution in [-0.2, 0) is 14.4 Å². The third kappa shape index (κ3) is 1.56. The highest BCUT2D eigenvalue weighted by Gasteiger charge is 2.45. The van der Waals surface area contributed by atoms with Crippen molar-refractivity contribution >= 4 is 18.2 Å². The number of carbonyl (C=O) groups is 3. The number of hydrogen-bond donors (Lipinski definition) is 2. The SMILES string of the molecule is CC1C(C(=O)O)=CC=CC1(C=O)C(=O)O. The maximum Gasteiger partial charge on any atom is 0.331 e. The summed E-state index contributed by atoms with van der Waals surface area (Å²) in [6, 6.07) is 0. The van der Waals surface area contributed by atoms with Gasteiger partial charge in [-0.2, -0.15) is 0 Å². The van der Waals surface area contributed by atoms with Gasteiger partial charge in [-0.15, -0.1) is 0 Å². The van der Waals surface area contributed by atoms with Gasteiger partial charge in [0.15, 0.2) is 0 Å². The summed E-state index contributed by atoms with van der Waals surface area (Å²) < 4.78 is 0. The van der Waals surface area contributed by atoms with Crippen LogP contribution in [0.5, 0.6) is 0 Å². The Labute approximate surface area is 85.7 Å². The molecule has 0 aromatic carbocycles. The van der Waals surface area contributed by atoms with Gasteiger partial charge in [-0.3, -0.25) is 4.79 Å². The van der Waals surface area contributed by atoms with E-state index in [-0.39, 0.29) is 11.9 Å². The molecular formula is C10H10O5. The molecule has 0 fully saturated rings. The van der Waals surface area contributed by atoms with E-state index in [4.69, 9.17) is 10.2 Å². The molecule has 5 nitrogen and oxygen atoms in total. The fraction of sp³-hybridized carbons (Fsp3) is 0.300. The van der Waals surface area contributed by atoms with Crippen LogP contribution in [0.4, 0.5) is 0 Å². The fourth-order valence-corrected chi connectivity index (χ4v) is 1.56. The molecule has 0 radical (unpaired) electrons. The van der Waals surface area contributed by atoms with Crippen LogP contribution in [0.3, 0.4) is 0 Å². The van der Waals surface area contributed by atoms with Crippen LogP contribution in [0.15, 0.2) is 23.8 Å². The third-order valence-electron chi connectivity index (χ3n) is 2.64. The normalized spacial score (nSPS) is 29.4. The number of allylic oxidation sites excluding steroid dienone is 2. The molecule has 1 aliphatic carbocycles. The van der Waals surface area contributed by atoms with E-state index in [9.17, 15) is 14.4 Å². The molecule has 0 spiro atoms. The molecule has 1 rings (SSSR count). The monoisotopic (exact) mass is 210 g/mol. The molecule has 0 aliphatic heterocycles. The summed E-state index contributed by atoms with van der Waals surface area (Å²) in [4.78, 5) is 32.6. The molecule has 0 saturated carbocycles. The lowest BCUT2D eigenvalue weighted by Crippen LogP contribution is -2.40. The summed E-state index contributed by atoms with van der Waals surface area (Å²) in [5, 5.41) is 17.8. The number of hydrogen-bond acceptors (Lipinski definition) is 3. The zero-order chi connectivity index (χ0) is 11.6. The first-order chi connectivity index (χ1) is 6.95. The van der Waals surface area contributed by atoms with Gasteiger partial charge in [0.1, 0.15) is 11.7 Å². The largest absolute Gasteiger partial charge is 0.480 e. The predicted molar refractivity (Wildman–Crippen MR) is 50.2 cm³/mol. The van der Waals surface area contributed by atoms with Crippen LogP contribution in [-0.4, -0.2) is 28.4 Å². The molecule has 2 unspecified atom stereocenters. The standard InChI is InChI=1S/C10H10O5/c1-6-7(8(12)13)3-2-4-10(6,5-11)9(14)15/h2-6H,1H3,(H,12,13)(H,14,15). The Morgan fingerprint density at radius 1 is 1.47 bits per heavy atom. The van der Waals surface area contributed by atoms with Gasteiger partial charge in [-0.1, -0.05) is 25.2 Å². The van der Waals surface area contributed by atoms with Crippen molar-refractivity contribution < 1.29 is 24.6 Å². The minimum atomic E-state index is -1.76. The average Bonchev–Trinajstić information content (AvgIpc) is 2.17. The van der Waals surface area contributed by atoms with Crippen molar-refractivity contribution in [2.75, 3.05) is 0 Å². The van der Waals surface area contributed by atoms with E-state index >= 15 is 0 Å². The highest BCUT2D eigenvalue weighted by atomic mass is 16.4. The summed E-state index contributed by atoms with van der Waals surface area (Å²) in [6.45, 7) is 1.41. The number of aldehydes is 1. The number of carboxylic acid groups (broad SMARTS) is 2. The van der Waals surface area contributed by atoms with Gasteiger partial charge in [0, 0.05) is 11.5 Å². The van der Waals surface area contributed by atoms with Crippen LogP contribution in [0.25, 0.3) is 0 Å². The summed E-state index contributed by atoms with van der Waals surface area (Å²) in [5.41, 5.74) is -1.84. The molecule has 0 aromatic heterocycles. The maximum absolute atomic E-state index is 11.0. The second-order valence-corrected chi connectivity index (χ2v) is 3.36. The first-order valence-electron chi connectivity index (χ1n) is 4.28. The van der Waals surface area contributed by atoms with E-state index in [0.717, 1.165) is 0 Å². The van der Waals surface area contributed by atoms with E-state index in [0.29, 0.717) is 0 Å². The molecule has 0 bridgehead atoms. The zero-order valence-electron chi connectivity index (χ0n) is 8.01. The van der Waals surface area contributed by atoms with Gasteiger partial charge in [0.05, 0.1) is 0 Å². The lowest BCUT2D eigenvalue weighted by atomic mass is 9.71. The van der Waals surface area contributed by atoms with Crippen LogP contribution < -0.4 is 0 Å². The molecular weight excluding hydrogens is 200 g/mol. The van der Waals surface area contributed by atoms with Crippen molar-refractivity contribution in [1.29, 1.82) is 0 Å². The minimum absolute atomic E-state index is 0.0769. The van der Waals surface area contributed by atoms with Crippen molar-refractivity contribution in [3.63, 3.8) is 0 Å². The van der Waals surface area contributed by atoms with Crippen molar-refractivity contribution in [3.05, 3.63) is 23.8 Å². The Morgan fingerprint density at radius 2 is 2.07 bits per heavy atom. The Hall–Kier alpha value is -1.91. The summed E-state index contributed by atoms with van der Waals surface area (Å²) in [5.74, 6) is -3.43. The molecule has 0 aromatic rings. The maximum atomic E-state index is 11.0. The second-order valence-electron chi connectivity index (χ2n) is 3.36. The highest BCUT2D eigenvalue weighted by Crippen LogP contribution is 2.36. The van der Waals surface area contributed by atoms with E-state index in [1.54, 1.807) is 0 Å². The van der Waals surface area contributed by atoms with Crippen LogP contribution in [0, 0.1) is 11.3 Å². The lowest BCUT2D eigenvalue weighted by Gasteiger charge is -2.29. The van der Waals surface area contributed by atoms with Crippen LogP contribution in [0.1, 0.15) is 6.92 Å². The molecule has 2 N–H and O–H groups in total. The molecule has 80 valence electrons. The van der Waals surface area contributed by atoms with Gasteiger partial charge in [0.25, 0.3) is 0 Å². The molecule has 5 heteroatoms. The Morgan fingerprint density at radius 3 is 2.47 bits per heavy atom. The molecule has 0 saturated heterocycles. The van der Waals surface area contributed by atoms with Crippen LogP contribution in [0.2, 0.25) is 0 Å². The number of carbonyl (C=O) groups excluding carboxylic acids is 1. The Bertz CT molecular complexity index is 379. The van der Waals surface area contributed by atoms with Crippen LogP contribution >= 0.6 is 0 Å². The minimum Gasteiger partial charge on any atom is -0.480 e. The van der Waals surface area contributed by atoms with Crippen molar-refractivity contribution in [1.82, 2.24) is 0 Å². The van der Waals surface area contributed by atoms with Crippen molar-refractivity contribution in [3.8, 4) is 0 Å². The highest BCUT2D eigenvalue weighted by molar-refractivity contribution is 5.99. The smallest absolute Gasteiger partial charge is 0.331 e. The quantitative estimate of drug-likeness (QED) is 0.522. The molecule has 0 amide bonds. The van der Waals surface area contributed by atoms with Crippen molar-refractivity contribution in [2.24, 2.45) is 11.3 Å². The first kappa shape index (κ1) is 11.2. The average molecular weight is 210 g/mol. The van der Waals surface area contributed by atoms with Gasteiger partial charge in [0.2, 0.25) is 0 Å². The zero-order valence-corrected chi connectivity index (χ0v) is 8.01. The van der Waals surface area contributed by atoms with E-state index in [1.807, 2.05) is 0 Å². The topological polar surface area (TPSA) is 91.7 Å². The van der Waals surface area contributed by atoms with E-state index < -0.39 is 23.3 Å². The molecule has 15 heavy (non-hydrogen) atoms. The number of aliphatic carboxylic acids is 2. The number of rotatable bonds is 3.